The largest absolute Gasteiger partial charge is 0.490 e. The van der Waals surface area contributed by atoms with Crippen molar-refractivity contribution in [3.05, 3.63) is 63.2 Å². The van der Waals surface area contributed by atoms with E-state index in [1.807, 2.05) is 48.5 Å². The third kappa shape index (κ3) is 2.97. The second-order valence-electron chi connectivity index (χ2n) is 4.65. The van der Waals surface area contributed by atoms with Crippen LogP contribution in [0.3, 0.4) is 0 Å². The van der Waals surface area contributed by atoms with E-state index in [1.54, 1.807) is 0 Å². The number of carbonyl (C=O) groups is 1. The van der Waals surface area contributed by atoms with Gasteiger partial charge in [0.15, 0.2) is 5.78 Å². The van der Waals surface area contributed by atoms with Crippen LogP contribution in [0.1, 0.15) is 28.8 Å². The smallest absolute Gasteiger partial charge is 0.194 e. The second-order valence-corrected chi connectivity index (χ2v) is 5.82. The Morgan fingerprint density at radius 1 is 1.11 bits per heavy atom. The summed E-state index contributed by atoms with van der Waals surface area (Å²) < 4.78 is 6.70. The lowest BCUT2D eigenvalue weighted by Gasteiger charge is -2.07. The number of rotatable bonds is 4. The minimum atomic E-state index is 0.0475. The first-order chi connectivity index (χ1) is 9.24. The van der Waals surface area contributed by atoms with Crippen LogP contribution in [-0.2, 0) is 0 Å². The Bertz CT molecular complexity index is 618. The Morgan fingerprint density at radius 3 is 2.63 bits per heavy atom. The molecule has 0 spiro atoms. The van der Waals surface area contributed by atoms with E-state index in [0.717, 1.165) is 27.7 Å². The van der Waals surface area contributed by atoms with Crippen LogP contribution in [0.25, 0.3) is 0 Å². The average Bonchev–Trinajstić information content (AvgIpc) is 3.23. The lowest BCUT2D eigenvalue weighted by Crippen LogP contribution is -2.04. The average molecular weight is 364 g/mol. The molecule has 3 heteroatoms. The molecular formula is C16H13IO2. The number of carbonyl (C=O) groups excluding carboxylic acids is 1. The first kappa shape index (κ1) is 12.7. The number of hydrogen-bond acceptors (Lipinski definition) is 2. The molecule has 19 heavy (non-hydrogen) atoms. The Balaban J connectivity index is 1.88. The zero-order chi connectivity index (χ0) is 13.2. The van der Waals surface area contributed by atoms with Crippen LogP contribution in [-0.4, -0.2) is 11.9 Å². The van der Waals surface area contributed by atoms with Crippen LogP contribution in [0.5, 0.6) is 5.75 Å². The molecule has 0 amide bonds. The molecule has 1 fully saturated rings. The van der Waals surface area contributed by atoms with Crippen LogP contribution in [0.4, 0.5) is 0 Å². The second kappa shape index (κ2) is 5.33. The van der Waals surface area contributed by atoms with Crippen LogP contribution >= 0.6 is 22.6 Å². The van der Waals surface area contributed by atoms with Gasteiger partial charge in [0.05, 0.1) is 6.10 Å². The highest BCUT2D eigenvalue weighted by Gasteiger charge is 2.23. The van der Waals surface area contributed by atoms with E-state index in [2.05, 4.69) is 22.6 Å². The van der Waals surface area contributed by atoms with Gasteiger partial charge in [0.25, 0.3) is 0 Å². The topological polar surface area (TPSA) is 26.3 Å². The van der Waals surface area contributed by atoms with Gasteiger partial charge in [-0.3, -0.25) is 4.79 Å². The predicted molar refractivity (Wildman–Crippen MR) is 82.7 cm³/mol. The molecule has 1 aliphatic rings. The first-order valence-electron chi connectivity index (χ1n) is 6.30. The van der Waals surface area contributed by atoms with E-state index >= 15 is 0 Å². The first-order valence-corrected chi connectivity index (χ1v) is 7.38. The summed E-state index contributed by atoms with van der Waals surface area (Å²) in [5, 5.41) is 0. The molecule has 0 saturated heterocycles. The molecule has 0 aliphatic heterocycles. The maximum Gasteiger partial charge on any atom is 0.194 e. The van der Waals surface area contributed by atoms with Crippen LogP contribution in [0.15, 0.2) is 48.5 Å². The highest BCUT2D eigenvalue weighted by Crippen LogP contribution is 2.27. The SMILES string of the molecule is O=C(c1cccc(OC2CC2)c1)c1ccccc1I. The fraction of sp³-hybridized carbons (Fsp3) is 0.188. The predicted octanol–water partition coefficient (Wildman–Crippen LogP) is 4.06. The number of ether oxygens (including phenoxy) is 1. The van der Waals surface area contributed by atoms with Gasteiger partial charge in [-0.05, 0) is 59.7 Å². The molecule has 1 saturated carbocycles. The fourth-order valence-corrected chi connectivity index (χ4v) is 2.52. The van der Waals surface area contributed by atoms with Gasteiger partial charge in [-0.15, -0.1) is 0 Å². The zero-order valence-electron chi connectivity index (χ0n) is 10.3. The van der Waals surface area contributed by atoms with Crippen molar-refractivity contribution in [1.29, 1.82) is 0 Å². The van der Waals surface area contributed by atoms with Gasteiger partial charge in [-0.25, -0.2) is 0 Å². The van der Waals surface area contributed by atoms with Gasteiger partial charge >= 0.3 is 0 Å². The van der Waals surface area contributed by atoms with Gasteiger partial charge in [-0.1, -0.05) is 24.3 Å². The maximum absolute atomic E-state index is 12.5. The molecule has 2 nitrogen and oxygen atoms in total. The van der Waals surface area contributed by atoms with Crippen molar-refractivity contribution in [3.63, 3.8) is 0 Å². The van der Waals surface area contributed by atoms with Crippen LogP contribution < -0.4 is 4.74 Å². The Morgan fingerprint density at radius 2 is 1.89 bits per heavy atom. The number of ketones is 1. The molecule has 0 N–H and O–H groups in total. The van der Waals surface area contributed by atoms with E-state index in [1.165, 1.54) is 0 Å². The summed E-state index contributed by atoms with van der Waals surface area (Å²) in [6, 6.07) is 15.1. The van der Waals surface area contributed by atoms with Crippen molar-refractivity contribution >= 4 is 28.4 Å². The Kier molecular flexibility index (Phi) is 3.55. The summed E-state index contributed by atoms with van der Waals surface area (Å²) in [5.74, 6) is 0.838. The van der Waals surface area contributed by atoms with Crippen molar-refractivity contribution in [2.75, 3.05) is 0 Å². The number of benzene rings is 2. The zero-order valence-corrected chi connectivity index (χ0v) is 12.5. The van der Waals surface area contributed by atoms with Crippen molar-refractivity contribution in [1.82, 2.24) is 0 Å². The minimum Gasteiger partial charge on any atom is -0.490 e. The molecule has 0 radical (unpaired) electrons. The number of hydrogen-bond donors (Lipinski definition) is 0. The molecule has 3 rings (SSSR count). The van der Waals surface area contributed by atoms with Crippen molar-refractivity contribution in [2.24, 2.45) is 0 Å². The van der Waals surface area contributed by atoms with E-state index in [-0.39, 0.29) is 5.78 Å². The third-order valence-electron chi connectivity index (χ3n) is 3.04. The Hall–Kier alpha value is -1.36. The van der Waals surface area contributed by atoms with Crippen LogP contribution in [0.2, 0.25) is 0 Å². The molecule has 0 heterocycles. The summed E-state index contributed by atoms with van der Waals surface area (Å²) in [5.41, 5.74) is 1.42. The van der Waals surface area contributed by atoms with E-state index in [9.17, 15) is 4.79 Å². The van der Waals surface area contributed by atoms with Gasteiger partial charge in [0, 0.05) is 14.7 Å². The normalized spacial score (nSPS) is 14.2. The molecule has 1 aliphatic carbocycles. The molecule has 2 aromatic carbocycles. The summed E-state index contributed by atoms with van der Waals surface area (Å²) in [7, 11) is 0. The highest BCUT2D eigenvalue weighted by atomic mass is 127. The molecule has 2 aromatic rings. The minimum absolute atomic E-state index is 0.0475. The summed E-state index contributed by atoms with van der Waals surface area (Å²) in [4.78, 5) is 12.5. The van der Waals surface area contributed by atoms with E-state index in [0.29, 0.717) is 11.7 Å². The number of halogens is 1. The van der Waals surface area contributed by atoms with Crippen LogP contribution in [0, 0.1) is 3.57 Å². The van der Waals surface area contributed by atoms with E-state index in [4.69, 9.17) is 4.74 Å². The quantitative estimate of drug-likeness (QED) is 0.604. The van der Waals surface area contributed by atoms with E-state index < -0.39 is 0 Å². The molecule has 0 atom stereocenters. The molecule has 0 unspecified atom stereocenters. The molecule has 0 bridgehead atoms. The van der Waals surface area contributed by atoms with Crippen molar-refractivity contribution in [2.45, 2.75) is 18.9 Å². The fourth-order valence-electron chi connectivity index (χ4n) is 1.89. The highest BCUT2D eigenvalue weighted by molar-refractivity contribution is 14.1. The van der Waals surface area contributed by atoms with Gasteiger partial charge in [0.1, 0.15) is 5.75 Å². The van der Waals surface area contributed by atoms with Crippen molar-refractivity contribution < 1.29 is 9.53 Å². The van der Waals surface area contributed by atoms with Crippen molar-refractivity contribution in [3.8, 4) is 5.75 Å². The summed E-state index contributed by atoms with van der Waals surface area (Å²) in [6.45, 7) is 0. The standard InChI is InChI=1S/C16H13IO2/c17-15-7-2-1-6-14(15)16(18)11-4-3-5-13(10-11)19-12-8-9-12/h1-7,10,12H,8-9H2. The lowest BCUT2D eigenvalue weighted by atomic mass is 10.0. The summed E-state index contributed by atoms with van der Waals surface area (Å²) in [6.07, 6.45) is 2.59. The van der Waals surface area contributed by atoms with Gasteiger partial charge < -0.3 is 4.74 Å². The maximum atomic E-state index is 12.5. The monoisotopic (exact) mass is 364 g/mol. The van der Waals surface area contributed by atoms with Gasteiger partial charge in [-0.2, -0.15) is 0 Å². The molecule has 96 valence electrons. The summed E-state index contributed by atoms with van der Waals surface area (Å²) >= 11 is 2.19. The molecule has 0 aromatic heterocycles. The third-order valence-corrected chi connectivity index (χ3v) is 3.98. The molecular weight excluding hydrogens is 351 g/mol. The lowest BCUT2D eigenvalue weighted by molar-refractivity contribution is 0.103. The Labute approximate surface area is 125 Å². The van der Waals surface area contributed by atoms with Gasteiger partial charge in [0.2, 0.25) is 0 Å².